The first-order chi connectivity index (χ1) is 7.67. The number of terminal acetylenes is 1. The average Bonchev–Trinajstić information content (AvgIpc) is 2.29. The molecule has 1 aromatic carbocycles. The second kappa shape index (κ2) is 6.19. The van der Waals surface area contributed by atoms with Gasteiger partial charge in [0.2, 0.25) is 0 Å². The monoisotopic (exact) mass is 217 g/mol. The zero-order valence-electron chi connectivity index (χ0n) is 10.2. The summed E-state index contributed by atoms with van der Waals surface area (Å²) in [7, 11) is 1.70. The van der Waals surface area contributed by atoms with E-state index in [0.717, 1.165) is 12.2 Å². The number of nitrogens with one attached hydrogen (secondary N) is 1. The van der Waals surface area contributed by atoms with E-state index in [-0.39, 0.29) is 6.04 Å². The first-order valence-corrected chi connectivity index (χ1v) is 5.51. The van der Waals surface area contributed by atoms with Gasteiger partial charge in [-0.25, -0.2) is 0 Å². The molecule has 2 unspecified atom stereocenters. The van der Waals surface area contributed by atoms with Gasteiger partial charge in [-0.15, -0.1) is 6.42 Å². The number of rotatable bonds is 5. The molecular formula is C14H19NO. The van der Waals surface area contributed by atoms with Gasteiger partial charge in [0.15, 0.2) is 0 Å². The normalized spacial score (nSPS) is 13.9. The largest absolute Gasteiger partial charge is 0.496 e. The summed E-state index contributed by atoms with van der Waals surface area (Å²) in [5.41, 5.74) is 1.20. The van der Waals surface area contributed by atoms with Crippen molar-refractivity contribution in [1.82, 2.24) is 5.32 Å². The van der Waals surface area contributed by atoms with Gasteiger partial charge < -0.3 is 10.1 Å². The van der Waals surface area contributed by atoms with Crippen molar-refractivity contribution < 1.29 is 4.74 Å². The third-order valence-electron chi connectivity index (χ3n) is 2.50. The molecule has 0 aromatic heterocycles. The van der Waals surface area contributed by atoms with E-state index < -0.39 is 0 Å². The fraction of sp³-hybridized carbons (Fsp3) is 0.429. The van der Waals surface area contributed by atoms with E-state index in [9.17, 15) is 0 Å². The van der Waals surface area contributed by atoms with Crippen LogP contribution in [0, 0.1) is 12.3 Å². The molecule has 0 saturated heterocycles. The SMILES string of the molecule is C#CC(C)NC(C)Cc1ccccc1OC. The van der Waals surface area contributed by atoms with E-state index in [0.29, 0.717) is 6.04 Å². The first kappa shape index (κ1) is 12.6. The van der Waals surface area contributed by atoms with Crippen LogP contribution in [0.5, 0.6) is 5.75 Å². The van der Waals surface area contributed by atoms with Crippen molar-refractivity contribution >= 4 is 0 Å². The van der Waals surface area contributed by atoms with Crippen molar-refractivity contribution in [3.8, 4) is 18.1 Å². The Bertz CT molecular complexity index is 367. The summed E-state index contributed by atoms with van der Waals surface area (Å²) >= 11 is 0. The lowest BCUT2D eigenvalue weighted by molar-refractivity contribution is 0.405. The molecule has 2 heteroatoms. The summed E-state index contributed by atoms with van der Waals surface area (Å²) in [6.07, 6.45) is 6.25. The molecule has 2 atom stereocenters. The number of methoxy groups -OCH3 is 1. The summed E-state index contributed by atoms with van der Waals surface area (Å²) in [5, 5.41) is 3.34. The molecule has 0 fully saturated rings. The summed E-state index contributed by atoms with van der Waals surface area (Å²) < 4.78 is 5.31. The van der Waals surface area contributed by atoms with Crippen molar-refractivity contribution in [3.63, 3.8) is 0 Å². The van der Waals surface area contributed by atoms with Gasteiger partial charge in [0.05, 0.1) is 13.2 Å². The molecule has 86 valence electrons. The van der Waals surface area contributed by atoms with Gasteiger partial charge in [0, 0.05) is 6.04 Å². The molecule has 0 amide bonds. The molecule has 0 aliphatic heterocycles. The van der Waals surface area contributed by atoms with E-state index in [2.05, 4.69) is 24.2 Å². The minimum Gasteiger partial charge on any atom is -0.496 e. The fourth-order valence-corrected chi connectivity index (χ4v) is 1.74. The van der Waals surface area contributed by atoms with Crippen molar-refractivity contribution in [2.45, 2.75) is 32.4 Å². The van der Waals surface area contributed by atoms with Crippen molar-refractivity contribution in [1.29, 1.82) is 0 Å². The maximum atomic E-state index is 5.33. The minimum atomic E-state index is 0.102. The summed E-state index contributed by atoms with van der Waals surface area (Å²) in [6.45, 7) is 4.11. The van der Waals surface area contributed by atoms with Gasteiger partial charge in [0.25, 0.3) is 0 Å². The van der Waals surface area contributed by atoms with Crippen molar-refractivity contribution in [2.24, 2.45) is 0 Å². The third kappa shape index (κ3) is 3.60. The molecule has 1 rings (SSSR count). The van der Waals surface area contributed by atoms with Gasteiger partial charge in [-0.3, -0.25) is 0 Å². The average molecular weight is 217 g/mol. The summed E-state index contributed by atoms with van der Waals surface area (Å²) in [5.74, 6) is 3.60. The van der Waals surface area contributed by atoms with Gasteiger partial charge in [0.1, 0.15) is 5.75 Å². The van der Waals surface area contributed by atoms with Crippen LogP contribution < -0.4 is 10.1 Å². The maximum absolute atomic E-state index is 5.33. The van der Waals surface area contributed by atoms with Crippen molar-refractivity contribution in [2.75, 3.05) is 7.11 Å². The number of ether oxygens (including phenoxy) is 1. The Morgan fingerprint density at radius 1 is 1.38 bits per heavy atom. The fourth-order valence-electron chi connectivity index (χ4n) is 1.74. The predicted octanol–water partition coefficient (Wildman–Crippen LogP) is 2.24. The van der Waals surface area contributed by atoms with E-state index in [1.54, 1.807) is 7.11 Å². The third-order valence-corrected chi connectivity index (χ3v) is 2.50. The van der Waals surface area contributed by atoms with Crippen LogP contribution in [0.15, 0.2) is 24.3 Å². The number of hydrogen-bond donors (Lipinski definition) is 1. The molecule has 0 heterocycles. The van der Waals surface area contributed by atoms with Crippen LogP contribution in [0.1, 0.15) is 19.4 Å². The molecule has 0 spiro atoms. The van der Waals surface area contributed by atoms with Crippen LogP contribution in [0.4, 0.5) is 0 Å². The molecular weight excluding hydrogens is 198 g/mol. The number of benzene rings is 1. The highest BCUT2D eigenvalue weighted by atomic mass is 16.5. The summed E-state index contributed by atoms with van der Waals surface area (Å²) in [6, 6.07) is 8.50. The topological polar surface area (TPSA) is 21.3 Å². The van der Waals surface area contributed by atoms with Gasteiger partial charge in [-0.1, -0.05) is 24.1 Å². The zero-order chi connectivity index (χ0) is 12.0. The smallest absolute Gasteiger partial charge is 0.122 e. The van der Waals surface area contributed by atoms with E-state index >= 15 is 0 Å². The predicted molar refractivity (Wildman–Crippen MR) is 67.6 cm³/mol. The van der Waals surface area contributed by atoms with Gasteiger partial charge >= 0.3 is 0 Å². The standard InChI is InChI=1S/C14H19NO/c1-5-11(2)15-12(3)10-13-8-6-7-9-14(13)16-4/h1,6-9,11-12,15H,10H2,2-4H3. The molecule has 2 nitrogen and oxygen atoms in total. The molecule has 0 radical (unpaired) electrons. The zero-order valence-corrected chi connectivity index (χ0v) is 10.2. The quantitative estimate of drug-likeness (QED) is 0.764. The number of para-hydroxylation sites is 1. The summed E-state index contributed by atoms with van der Waals surface area (Å²) in [4.78, 5) is 0. The second-order valence-electron chi connectivity index (χ2n) is 3.97. The minimum absolute atomic E-state index is 0.102. The Morgan fingerprint density at radius 3 is 2.69 bits per heavy atom. The molecule has 1 N–H and O–H groups in total. The Morgan fingerprint density at radius 2 is 2.06 bits per heavy atom. The lowest BCUT2D eigenvalue weighted by atomic mass is 10.1. The van der Waals surface area contributed by atoms with E-state index in [4.69, 9.17) is 11.2 Å². The molecule has 0 bridgehead atoms. The highest BCUT2D eigenvalue weighted by Gasteiger charge is 2.09. The first-order valence-electron chi connectivity index (χ1n) is 5.51. The molecule has 0 aliphatic carbocycles. The van der Waals surface area contributed by atoms with Crippen LogP contribution in [-0.2, 0) is 6.42 Å². The van der Waals surface area contributed by atoms with Crippen LogP contribution in [-0.4, -0.2) is 19.2 Å². The molecule has 16 heavy (non-hydrogen) atoms. The van der Waals surface area contributed by atoms with Crippen LogP contribution in [0.2, 0.25) is 0 Å². The van der Waals surface area contributed by atoms with E-state index in [1.807, 2.05) is 25.1 Å². The second-order valence-corrected chi connectivity index (χ2v) is 3.97. The number of hydrogen-bond acceptors (Lipinski definition) is 2. The Kier molecular flexibility index (Phi) is 4.88. The van der Waals surface area contributed by atoms with E-state index in [1.165, 1.54) is 5.56 Å². The van der Waals surface area contributed by atoms with Crippen LogP contribution in [0.25, 0.3) is 0 Å². The Labute approximate surface area is 98.0 Å². The highest BCUT2D eigenvalue weighted by molar-refractivity contribution is 5.33. The molecule has 1 aromatic rings. The lowest BCUT2D eigenvalue weighted by Crippen LogP contribution is -2.34. The lowest BCUT2D eigenvalue weighted by Gasteiger charge is -2.17. The molecule has 0 aliphatic rings. The van der Waals surface area contributed by atoms with Gasteiger partial charge in [-0.2, -0.15) is 0 Å². The molecule has 0 saturated carbocycles. The maximum Gasteiger partial charge on any atom is 0.122 e. The van der Waals surface area contributed by atoms with Gasteiger partial charge in [-0.05, 0) is 31.9 Å². The van der Waals surface area contributed by atoms with Crippen molar-refractivity contribution in [3.05, 3.63) is 29.8 Å². The Hall–Kier alpha value is -1.46. The van der Waals surface area contributed by atoms with Crippen LogP contribution >= 0.6 is 0 Å². The Balaban J connectivity index is 2.62. The van der Waals surface area contributed by atoms with Crippen LogP contribution in [0.3, 0.4) is 0 Å². The highest BCUT2D eigenvalue weighted by Crippen LogP contribution is 2.18.